The van der Waals surface area contributed by atoms with Crippen LogP contribution in [0.5, 0.6) is 0 Å². The number of carbonyl (C=O) groups is 1. The molecule has 0 bridgehead atoms. The molecule has 2 aliphatic heterocycles. The van der Waals surface area contributed by atoms with Gasteiger partial charge in [-0.25, -0.2) is 9.97 Å². The molecular formula is C23H27N7O2. The van der Waals surface area contributed by atoms with Crippen LogP contribution < -0.4 is 4.90 Å². The molecule has 2 aliphatic rings. The lowest BCUT2D eigenvalue weighted by atomic mass is 9.97. The Bertz CT molecular complexity index is 1080. The first-order valence-corrected chi connectivity index (χ1v) is 11.4. The maximum atomic E-state index is 13.4. The molecule has 3 aromatic heterocycles. The van der Waals surface area contributed by atoms with E-state index in [-0.39, 0.29) is 11.8 Å². The van der Waals surface area contributed by atoms with E-state index in [1.54, 1.807) is 18.6 Å². The molecule has 5 rings (SSSR count). The maximum absolute atomic E-state index is 13.4. The molecule has 0 unspecified atom stereocenters. The number of aryl methyl sites for hydroxylation is 1. The molecule has 9 nitrogen and oxygen atoms in total. The summed E-state index contributed by atoms with van der Waals surface area (Å²) in [5.41, 5.74) is 2.22. The summed E-state index contributed by atoms with van der Waals surface area (Å²) in [6.45, 7) is 5.25. The van der Waals surface area contributed by atoms with Crippen molar-refractivity contribution in [3.63, 3.8) is 0 Å². The summed E-state index contributed by atoms with van der Waals surface area (Å²) in [5.74, 6) is 1.82. The number of likely N-dealkylation sites (tertiary alicyclic amines) is 1. The fraction of sp³-hybridized carbons (Fsp3) is 0.478. The number of rotatable bonds is 5. The molecule has 2 fully saturated rings. The highest BCUT2D eigenvalue weighted by molar-refractivity contribution is 5.95. The van der Waals surface area contributed by atoms with Crippen LogP contribution in [0.15, 0.2) is 35.2 Å². The molecule has 0 saturated carbocycles. The SMILES string of the molecule is CCc1nc(N2CCCC2)ncc1C(=O)N1CCC[C@@H](c2nc(-c3cccnc3)no2)C1. The minimum Gasteiger partial charge on any atom is -0.341 e. The first kappa shape index (κ1) is 20.5. The second-order valence-corrected chi connectivity index (χ2v) is 8.37. The molecule has 0 spiro atoms. The van der Waals surface area contributed by atoms with Crippen LogP contribution in [0.3, 0.4) is 0 Å². The van der Waals surface area contributed by atoms with Crippen molar-refractivity contribution in [1.82, 2.24) is 30.0 Å². The molecule has 0 aromatic carbocycles. The highest BCUT2D eigenvalue weighted by Gasteiger charge is 2.30. The summed E-state index contributed by atoms with van der Waals surface area (Å²) in [4.78, 5) is 35.4. The average Bonchev–Trinajstić information content (AvgIpc) is 3.57. The number of nitrogens with zero attached hydrogens (tertiary/aromatic N) is 7. The van der Waals surface area contributed by atoms with Crippen molar-refractivity contribution < 1.29 is 9.32 Å². The summed E-state index contributed by atoms with van der Waals surface area (Å²) < 4.78 is 5.55. The molecule has 1 amide bonds. The molecule has 9 heteroatoms. The zero-order chi connectivity index (χ0) is 21.9. The van der Waals surface area contributed by atoms with Gasteiger partial charge in [-0.3, -0.25) is 9.78 Å². The molecule has 32 heavy (non-hydrogen) atoms. The van der Waals surface area contributed by atoms with Crippen molar-refractivity contribution in [2.45, 2.75) is 44.9 Å². The van der Waals surface area contributed by atoms with E-state index in [0.29, 0.717) is 36.8 Å². The Morgan fingerprint density at radius 3 is 2.81 bits per heavy atom. The van der Waals surface area contributed by atoms with E-state index in [9.17, 15) is 4.79 Å². The lowest BCUT2D eigenvalue weighted by Gasteiger charge is -2.31. The summed E-state index contributed by atoms with van der Waals surface area (Å²) in [6, 6.07) is 3.74. The Morgan fingerprint density at radius 1 is 1.16 bits per heavy atom. The second-order valence-electron chi connectivity index (χ2n) is 8.37. The van der Waals surface area contributed by atoms with Crippen molar-refractivity contribution >= 4 is 11.9 Å². The number of aromatic nitrogens is 5. The molecular weight excluding hydrogens is 406 g/mol. The van der Waals surface area contributed by atoms with Gasteiger partial charge in [-0.2, -0.15) is 4.98 Å². The molecule has 166 valence electrons. The molecule has 0 N–H and O–H groups in total. The molecule has 1 atom stereocenters. The third kappa shape index (κ3) is 4.06. The molecule has 2 saturated heterocycles. The van der Waals surface area contributed by atoms with Gasteiger partial charge in [0.05, 0.1) is 17.2 Å². The van der Waals surface area contributed by atoms with E-state index in [1.807, 2.05) is 24.0 Å². The van der Waals surface area contributed by atoms with Gasteiger partial charge in [-0.1, -0.05) is 12.1 Å². The maximum Gasteiger partial charge on any atom is 0.257 e. The molecule has 0 aliphatic carbocycles. The minimum absolute atomic E-state index is 0.0143. The van der Waals surface area contributed by atoms with Crippen LogP contribution in [-0.4, -0.2) is 62.1 Å². The van der Waals surface area contributed by atoms with Crippen molar-refractivity contribution in [2.75, 3.05) is 31.1 Å². The van der Waals surface area contributed by atoms with Gasteiger partial charge >= 0.3 is 0 Å². The van der Waals surface area contributed by atoms with Crippen molar-refractivity contribution in [3.8, 4) is 11.4 Å². The summed E-state index contributed by atoms with van der Waals surface area (Å²) in [6.07, 6.45) is 9.94. The monoisotopic (exact) mass is 433 g/mol. The minimum atomic E-state index is -0.0217. The average molecular weight is 434 g/mol. The van der Waals surface area contributed by atoms with Crippen molar-refractivity contribution in [2.24, 2.45) is 0 Å². The van der Waals surface area contributed by atoms with E-state index in [1.165, 1.54) is 12.8 Å². The lowest BCUT2D eigenvalue weighted by molar-refractivity contribution is 0.0693. The van der Waals surface area contributed by atoms with E-state index >= 15 is 0 Å². The van der Waals surface area contributed by atoms with Crippen molar-refractivity contribution in [1.29, 1.82) is 0 Å². The van der Waals surface area contributed by atoms with E-state index in [0.717, 1.165) is 43.1 Å². The van der Waals surface area contributed by atoms with Gasteiger partial charge in [-0.15, -0.1) is 0 Å². The predicted molar refractivity (Wildman–Crippen MR) is 118 cm³/mol. The molecule has 3 aromatic rings. The Hall–Kier alpha value is -3.36. The topological polar surface area (TPSA) is 101 Å². The van der Waals surface area contributed by atoms with E-state index in [4.69, 9.17) is 9.51 Å². The first-order chi connectivity index (χ1) is 15.7. The second kappa shape index (κ2) is 9.02. The first-order valence-electron chi connectivity index (χ1n) is 11.4. The van der Waals surface area contributed by atoms with Crippen LogP contribution in [-0.2, 0) is 6.42 Å². The standard InChI is InChI=1S/C23H27N7O2/c1-2-19-18(14-25-23(26-19)29-10-3-4-11-29)22(31)30-12-6-8-17(15-30)21-27-20(28-32-21)16-7-5-9-24-13-16/h5,7,9,13-14,17H,2-4,6,8,10-12,15H2,1H3/t17-/m1/s1. The van der Waals surface area contributed by atoms with Crippen LogP contribution in [0, 0.1) is 0 Å². The Balaban J connectivity index is 1.32. The number of hydrogen-bond acceptors (Lipinski definition) is 8. The van der Waals surface area contributed by atoms with Gasteiger partial charge in [0.25, 0.3) is 5.91 Å². The van der Waals surface area contributed by atoms with E-state index < -0.39 is 0 Å². The highest BCUT2D eigenvalue weighted by atomic mass is 16.5. The van der Waals surface area contributed by atoms with E-state index in [2.05, 4.69) is 25.0 Å². The fourth-order valence-electron chi connectivity index (χ4n) is 4.47. The summed E-state index contributed by atoms with van der Waals surface area (Å²) in [5, 5.41) is 4.11. The Kier molecular flexibility index (Phi) is 5.79. The van der Waals surface area contributed by atoms with Gasteiger partial charge in [0.2, 0.25) is 17.7 Å². The Labute approximate surface area is 186 Å². The quantitative estimate of drug-likeness (QED) is 0.605. The molecule has 0 radical (unpaired) electrons. The lowest BCUT2D eigenvalue weighted by Crippen LogP contribution is -2.39. The van der Waals surface area contributed by atoms with Gasteiger partial charge in [0, 0.05) is 50.3 Å². The van der Waals surface area contributed by atoms with Gasteiger partial charge < -0.3 is 14.3 Å². The van der Waals surface area contributed by atoms with Gasteiger partial charge in [0.1, 0.15) is 0 Å². The number of pyridine rings is 1. The summed E-state index contributed by atoms with van der Waals surface area (Å²) >= 11 is 0. The third-order valence-corrected chi connectivity index (χ3v) is 6.23. The number of carbonyl (C=O) groups excluding carboxylic acids is 1. The number of anilines is 1. The molecule has 5 heterocycles. The van der Waals surface area contributed by atoms with Gasteiger partial charge in [0.15, 0.2) is 0 Å². The van der Waals surface area contributed by atoms with Crippen LogP contribution in [0.1, 0.15) is 60.5 Å². The zero-order valence-electron chi connectivity index (χ0n) is 18.3. The predicted octanol–water partition coefficient (Wildman–Crippen LogP) is 3.10. The van der Waals surface area contributed by atoms with Crippen LogP contribution in [0.2, 0.25) is 0 Å². The van der Waals surface area contributed by atoms with Crippen LogP contribution in [0.25, 0.3) is 11.4 Å². The highest BCUT2D eigenvalue weighted by Crippen LogP contribution is 2.29. The smallest absolute Gasteiger partial charge is 0.257 e. The third-order valence-electron chi connectivity index (χ3n) is 6.23. The number of piperidine rings is 1. The normalized spacial score (nSPS) is 18.8. The largest absolute Gasteiger partial charge is 0.341 e. The Morgan fingerprint density at radius 2 is 2.03 bits per heavy atom. The fourth-order valence-corrected chi connectivity index (χ4v) is 4.47. The van der Waals surface area contributed by atoms with Gasteiger partial charge in [-0.05, 0) is 44.2 Å². The number of amides is 1. The summed E-state index contributed by atoms with van der Waals surface area (Å²) in [7, 11) is 0. The number of hydrogen-bond donors (Lipinski definition) is 0. The van der Waals surface area contributed by atoms with Crippen LogP contribution >= 0.6 is 0 Å². The van der Waals surface area contributed by atoms with Crippen LogP contribution in [0.4, 0.5) is 5.95 Å². The zero-order valence-corrected chi connectivity index (χ0v) is 18.3. The van der Waals surface area contributed by atoms with Crippen molar-refractivity contribution in [3.05, 3.63) is 47.9 Å².